The lowest BCUT2D eigenvalue weighted by Gasteiger charge is -2.58. The number of ketones is 1. The Labute approximate surface area is 189 Å². The van der Waals surface area contributed by atoms with Crippen molar-refractivity contribution in [1.29, 1.82) is 0 Å². The van der Waals surface area contributed by atoms with Crippen LogP contribution in [0.1, 0.15) is 73.1 Å². The summed E-state index contributed by atoms with van der Waals surface area (Å²) < 4.78 is 16.8. The van der Waals surface area contributed by atoms with E-state index < -0.39 is 17.5 Å². The molecule has 0 N–H and O–H groups in total. The second kappa shape index (κ2) is 7.99. The number of carbonyl (C=O) groups is 4. The highest BCUT2D eigenvalue weighted by Gasteiger charge is 2.65. The molecular weight excluding hydrogens is 412 g/mol. The van der Waals surface area contributed by atoms with Gasteiger partial charge in [0.2, 0.25) is 0 Å². The summed E-state index contributed by atoms with van der Waals surface area (Å²) in [5.74, 6) is -0.802. The maximum Gasteiger partial charge on any atom is 0.303 e. The van der Waals surface area contributed by atoms with E-state index >= 15 is 0 Å². The van der Waals surface area contributed by atoms with Gasteiger partial charge in [0.25, 0.3) is 0 Å². The van der Waals surface area contributed by atoms with Crippen LogP contribution < -0.4 is 0 Å². The van der Waals surface area contributed by atoms with Gasteiger partial charge in [-0.3, -0.25) is 19.2 Å². The number of esters is 3. The summed E-state index contributed by atoms with van der Waals surface area (Å²) >= 11 is 0. The smallest absolute Gasteiger partial charge is 0.303 e. The number of allylic oxidation sites excluding steroid dienone is 1. The Morgan fingerprint density at radius 3 is 2.25 bits per heavy atom. The van der Waals surface area contributed by atoms with Gasteiger partial charge in [0.1, 0.15) is 12.2 Å². The van der Waals surface area contributed by atoms with Crippen LogP contribution in [0.25, 0.3) is 0 Å². The maximum absolute atomic E-state index is 13.3. The normalized spacial score (nSPS) is 42.7. The highest BCUT2D eigenvalue weighted by molar-refractivity contribution is 5.93. The van der Waals surface area contributed by atoms with Crippen LogP contribution in [-0.4, -0.2) is 42.0 Å². The molecule has 0 radical (unpaired) electrons. The Balaban J connectivity index is 1.70. The average molecular weight is 447 g/mol. The number of fused-ring (bicyclic) bond motifs is 5. The molecular formula is C25H34O7. The molecule has 0 bridgehead atoms. The average Bonchev–Trinajstić information content (AvgIpc) is 2.91. The van der Waals surface area contributed by atoms with E-state index in [1.807, 2.05) is 6.92 Å². The van der Waals surface area contributed by atoms with E-state index in [-0.39, 0.29) is 53.1 Å². The highest BCUT2D eigenvalue weighted by atomic mass is 16.6. The lowest BCUT2D eigenvalue weighted by molar-refractivity contribution is -0.175. The first kappa shape index (κ1) is 23.0. The minimum Gasteiger partial charge on any atom is -0.462 e. The van der Waals surface area contributed by atoms with E-state index in [2.05, 4.69) is 13.0 Å². The van der Waals surface area contributed by atoms with Gasteiger partial charge in [-0.25, -0.2) is 0 Å². The van der Waals surface area contributed by atoms with Gasteiger partial charge in [-0.15, -0.1) is 0 Å². The summed E-state index contributed by atoms with van der Waals surface area (Å²) in [7, 11) is 0. The van der Waals surface area contributed by atoms with Crippen LogP contribution >= 0.6 is 0 Å². The Bertz CT molecular complexity index is 876. The summed E-state index contributed by atoms with van der Waals surface area (Å²) in [4.78, 5) is 48.5. The summed E-state index contributed by atoms with van der Waals surface area (Å²) in [6.45, 7) is 8.38. The minimum absolute atomic E-state index is 0.0493. The Morgan fingerprint density at radius 1 is 0.969 bits per heavy atom. The summed E-state index contributed by atoms with van der Waals surface area (Å²) in [5.41, 5.74) is 0.389. The molecule has 32 heavy (non-hydrogen) atoms. The van der Waals surface area contributed by atoms with Crippen molar-refractivity contribution >= 4 is 23.7 Å². The fraction of sp³-hybridized carbons (Fsp3) is 0.760. The minimum atomic E-state index is -0.725. The van der Waals surface area contributed by atoms with Crippen molar-refractivity contribution in [2.75, 3.05) is 0 Å². The highest BCUT2D eigenvalue weighted by Crippen LogP contribution is 2.64. The van der Waals surface area contributed by atoms with E-state index in [0.717, 1.165) is 19.3 Å². The number of ether oxygens (including phenoxy) is 3. The van der Waals surface area contributed by atoms with Crippen molar-refractivity contribution in [2.24, 2.45) is 28.6 Å². The zero-order chi connectivity index (χ0) is 23.4. The van der Waals surface area contributed by atoms with Gasteiger partial charge in [-0.2, -0.15) is 0 Å². The monoisotopic (exact) mass is 446 g/mol. The first-order valence-corrected chi connectivity index (χ1v) is 11.7. The predicted octanol–water partition coefficient (Wildman–Crippen LogP) is 3.53. The number of Topliss-reactive ketones (excluding diaryl/α,β-unsaturated/α-hetero) is 1. The first-order valence-electron chi connectivity index (χ1n) is 11.7. The van der Waals surface area contributed by atoms with Gasteiger partial charge in [0.05, 0.1) is 0 Å². The molecule has 0 saturated heterocycles. The number of carbonyl (C=O) groups excluding carboxylic acids is 4. The number of rotatable bonds is 3. The topological polar surface area (TPSA) is 96.0 Å². The second-order valence-electron chi connectivity index (χ2n) is 10.6. The van der Waals surface area contributed by atoms with Crippen LogP contribution in [-0.2, 0) is 33.4 Å². The summed E-state index contributed by atoms with van der Waals surface area (Å²) in [6.07, 6.45) is 5.09. The van der Waals surface area contributed by atoms with Crippen LogP contribution in [0.15, 0.2) is 11.6 Å². The van der Waals surface area contributed by atoms with Gasteiger partial charge in [0.15, 0.2) is 11.9 Å². The quantitative estimate of drug-likeness (QED) is 0.372. The van der Waals surface area contributed by atoms with Crippen LogP contribution in [0.4, 0.5) is 0 Å². The first-order chi connectivity index (χ1) is 15.0. The van der Waals surface area contributed by atoms with Crippen LogP contribution in [0, 0.1) is 28.6 Å². The van der Waals surface area contributed by atoms with Crippen molar-refractivity contribution in [2.45, 2.75) is 91.5 Å². The van der Waals surface area contributed by atoms with Crippen molar-refractivity contribution in [3.05, 3.63) is 11.6 Å². The molecule has 8 atom stereocenters. The molecule has 0 heterocycles. The molecule has 7 heteroatoms. The Morgan fingerprint density at radius 2 is 1.62 bits per heavy atom. The largest absolute Gasteiger partial charge is 0.462 e. The molecule has 0 aromatic heterocycles. The van der Waals surface area contributed by atoms with Gasteiger partial charge in [-0.05, 0) is 49.4 Å². The third kappa shape index (κ3) is 3.67. The zero-order valence-corrected chi connectivity index (χ0v) is 19.6. The number of hydrogen-bond acceptors (Lipinski definition) is 7. The standard InChI is InChI=1S/C25H34O7/c1-13(26)30-17-8-9-24(4)16(10-17)6-7-18-19-11-20(31-14(2)27)23(29)25(19,5)12-21(22(18)24)32-15(3)28/h6,17-22H,7-12H2,1-5H3/t17-,18?,19?,20+,21-,22?,24-,25-/m0/s1. The van der Waals surface area contributed by atoms with Crippen molar-refractivity contribution in [3.8, 4) is 0 Å². The predicted molar refractivity (Wildman–Crippen MR) is 114 cm³/mol. The van der Waals surface area contributed by atoms with Crippen molar-refractivity contribution in [1.82, 2.24) is 0 Å². The molecule has 0 aromatic carbocycles. The summed E-state index contributed by atoms with van der Waals surface area (Å²) in [5, 5.41) is 0. The molecule has 3 unspecified atom stereocenters. The molecule has 3 fully saturated rings. The van der Waals surface area contributed by atoms with Gasteiger partial charge < -0.3 is 14.2 Å². The van der Waals surface area contributed by atoms with Gasteiger partial charge in [-0.1, -0.05) is 25.5 Å². The maximum atomic E-state index is 13.3. The Hall–Kier alpha value is -2.18. The van der Waals surface area contributed by atoms with Gasteiger partial charge >= 0.3 is 17.9 Å². The van der Waals surface area contributed by atoms with Crippen molar-refractivity contribution < 1.29 is 33.4 Å². The molecule has 0 aromatic rings. The van der Waals surface area contributed by atoms with Crippen molar-refractivity contribution in [3.63, 3.8) is 0 Å². The zero-order valence-electron chi connectivity index (χ0n) is 19.6. The van der Waals surface area contributed by atoms with Crippen LogP contribution in [0.2, 0.25) is 0 Å². The fourth-order valence-corrected chi connectivity index (χ4v) is 7.45. The number of hydrogen-bond donors (Lipinski definition) is 0. The molecule has 0 amide bonds. The second-order valence-corrected chi connectivity index (χ2v) is 10.6. The molecule has 4 aliphatic carbocycles. The molecule has 4 rings (SSSR count). The molecule has 0 spiro atoms. The Kier molecular flexibility index (Phi) is 5.74. The molecule has 176 valence electrons. The third-order valence-electron chi connectivity index (χ3n) is 8.64. The van der Waals surface area contributed by atoms with Crippen LogP contribution in [0.3, 0.4) is 0 Å². The fourth-order valence-electron chi connectivity index (χ4n) is 7.45. The SMILES string of the molecule is CC(=O)O[C@H]1CC[C@@]2(C)C(=CCC3C2[C@@H](OC(C)=O)C[C@]2(C)C(=O)[C@H](OC(C)=O)CC32)C1. The van der Waals surface area contributed by atoms with Crippen LogP contribution in [0.5, 0.6) is 0 Å². The van der Waals surface area contributed by atoms with E-state index in [0.29, 0.717) is 19.3 Å². The summed E-state index contributed by atoms with van der Waals surface area (Å²) in [6, 6.07) is 0. The van der Waals surface area contributed by atoms with E-state index in [1.54, 1.807) is 0 Å². The molecule has 4 aliphatic rings. The van der Waals surface area contributed by atoms with E-state index in [4.69, 9.17) is 14.2 Å². The van der Waals surface area contributed by atoms with Gasteiger partial charge in [0, 0.05) is 38.5 Å². The lowest BCUT2D eigenvalue weighted by atomic mass is 9.47. The molecule has 7 nitrogen and oxygen atoms in total. The van der Waals surface area contributed by atoms with E-state index in [9.17, 15) is 19.2 Å². The third-order valence-corrected chi connectivity index (χ3v) is 8.64. The molecule has 0 aliphatic heterocycles. The van der Waals surface area contributed by atoms with E-state index in [1.165, 1.54) is 26.3 Å². The molecule has 3 saturated carbocycles. The lowest BCUT2D eigenvalue weighted by Crippen LogP contribution is -2.57.